The minimum absolute atomic E-state index is 0.0298. The summed E-state index contributed by atoms with van der Waals surface area (Å²) in [5.74, 6) is -1.29. The van der Waals surface area contributed by atoms with Crippen molar-refractivity contribution in [2.75, 3.05) is 11.9 Å². The summed E-state index contributed by atoms with van der Waals surface area (Å²) in [6.07, 6.45) is 3.05. The van der Waals surface area contributed by atoms with E-state index in [0.29, 0.717) is 11.3 Å². The van der Waals surface area contributed by atoms with Crippen LogP contribution in [0.4, 0.5) is 5.69 Å². The molecule has 5 nitrogen and oxygen atoms in total. The number of anilines is 1. The molecular formula is C12H15N3O2. The fourth-order valence-electron chi connectivity index (χ4n) is 1.46. The molecule has 0 saturated heterocycles. The van der Waals surface area contributed by atoms with E-state index >= 15 is 0 Å². The summed E-state index contributed by atoms with van der Waals surface area (Å²) in [6.45, 7) is 4.00. The lowest BCUT2D eigenvalue weighted by Gasteiger charge is -2.17. The van der Waals surface area contributed by atoms with Crippen molar-refractivity contribution in [3.05, 3.63) is 24.0 Å². The van der Waals surface area contributed by atoms with E-state index in [0.717, 1.165) is 0 Å². The Kier molecular flexibility index (Phi) is 4.46. The zero-order chi connectivity index (χ0) is 12.8. The van der Waals surface area contributed by atoms with Gasteiger partial charge >= 0.3 is 5.97 Å². The molecule has 0 aliphatic rings. The summed E-state index contributed by atoms with van der Waals surface area (Å²) in [7, 11) is 0. The topological polar surface area (TPSA) is 86.0 Å². The number of hydrogen-bond acceptors (Lipinski definition) is 4. The van der Waals surface area contributed by atoms with Crippen LogP contribution < -0.4 is 5.32 Å². The first-order valence-corrected chi connectivity index (χ1v) is 5.37. The van der Waals surface area contributed by atoms with E-state index in [2.05, 4.69) is 10.3 Å². The summed E-state index contributed by atoms with van der Waals surface area (Å²) >= 11 is 0. The van der Waals surface area contributed by atoms with Gasteiger partial charge in [0.1, 0.15) is 6.07 Å². The van der Waals surface area contributed by atoms with E-state index in [1.807, 2.05) is 19.9 Å². The Morgan fingerprint density at radius 3 is 2.88 bits per heavy atom. The van der Waals surface area contributed by atoms with Crippen LogP contribution in [-0.4, -0.2) is 22.6 Å². The number of carbonyl (C=O) groups is 1. The number of hydrogen-bond donors (Lipinski definition) is 2. The molecule has 0 aliphatic carbocycles. The van der Waals surface area contributed by atoms with Crippen molar-refractivity contribution < 1.29 is 9.90 Å². The second kappa shape index (κ2) is 5.85. The van der Waals surface area contributed by atoms with Gasteiger partial charge in [-0.05, 0) is 12.0 Å². The maximum absolute atomic E-state index is 11.0. The van der Waals surface area contributed by atoms with Crippen molar-refractivity contribution in [2.24, 2.45) is 11.8 Å². The third-order valence-corrected chi connectivity index (χ3v) is 2.58. The van der Waals surface area contributed by atoms with Gasteiger partial charge in [-0.15, -0.1) is 0 Å². The van der Waals surface area contributed by atoms with Gasteiger partial charge in [0.05, 0.1) is 23.4 Å². The summed E-state index contributed by atoms with van der Waals surface area (Å²) in [5, 5.41) is 20.9. The quantitative estimate of drug-likeness (QED) is 0.808. The SMILES string of the molecule is CC(C)C(CNc1cnccc1C#N)C(=O)O. The van der Waals surface area contributed by atoms with Crippen LogP contribution in [0.1, 0.15) is 19.4 Å². The van der Waals surface area contributed by atoms with Gasteiger partial charge in [0, 0.05) is 12.7 Å². The van der Waals surface area contributed by atoms with Crippen LogP contribution in [0.2, 0.25) is 0 Å². The van der Waals surface area contributed by atoms with Crippen LogP contribution in [0.25, 0.3) is 0 Å². The molecule has 0 saturated carbocycles. The molecule has 1 heterocycles. The highest BCUT2D eigenvalue weighted by atomic mass is 16.4. The van der Waals surface area contributed by atoms with Crippen molar-refractivity contribution in [1.82, 2.24) is 4.98 Å². The van der Waals surface area contributed by atoms with Crippen molar-refractivity contribution >= 4 is 11.7 Å². The monoisotopic (exact) mass is 233 g/mol. The minimum atomic E-state index is -0.838. The minimum Gasteiger partial charge on any atom is -0.481 e. The number of pyridine rings is 1. The molecule has 1 aromatic heterocycles. The lowest BCUT2D eigenvalue weighted by Crippen LogP contribution is -2.27. The van der Waals surface area contributed by atoms with Gasteiger partial charge in [0.2, 0.25) is 0 Å². The van der Waals surface area contributed by atoms with E-state index in [-0.39, 0.29) is 12.5 Å². The number of nitriles is 1. The molecule has 1 unspecified atom stereocenters. The van der Waals surface area contributed by atoms with E-state index in [4.69, 9.17) is 10.4 Å². The highest BCUT2D eigenvalue weighted by Crippen LogP contribution is 2.16. The predicted molar refractivity (Wildman–Crippen MR) is 63.4 cm³/mol. The summed E-state index contributed by atoms with van der Waals surface area (Å²) in [5.41, 5.74) is 1.04. The zero-order valence-corrected chi connectivity index (χ0v) is 9.84. The number of carboxylic acid groups (broad SMARTS) is 1. The highest BCUT2D eigenvalue weighted by molar-refractivity contribution is 5.71. The normalized spacial score (nSPS) is 11.9. The van der Waals surface area contributed by atoms with E-state index < -0.39 is 11.9 Å². The van der Waals surface area contributed by atoms with E-state index in [1.54, 1.807) is 6.07 Å². The Balaban J connectivity index is 2.73. The molecule has 0 aliphatic heterocycles. The molecular weight excluding hydrogens is 218 g/mol. The average Bonchev–Trinajstić information content (AvgIpc) is 2.29. The molecule has 1 atom stereocenters. The number of nitrogens with one attached hydrogen (secondary N) is 1. The Bertz CT molecular complexity index is 438. The number of aromatic nitrogens is 1. The Hall–Kier alpha value is -2.09. The number of rotatable bonds is 5. The second-order valence-corrected chi connectivity index (χ2v) is 4.10. The molecule has 5 heteroatoms. The van der Waals surface area contributed by atoms with Crippen LogP contribution in [0.5, 0.6) is 0 Å². The van der Waals surface area contributed by atoms with Crippen molar-refractivity contribution in [3.8, 4) is 6.07 Å². The van der Waals surface area contributed by atoms with Crippen molar-refractivity contribution in [2.45, 2.75) is 13.8 Å². The van der Waals surface area contributed by atoms with Gasteiger partial charge in [0.15, 0.2) is 0 Å². The highest BCUT2D eigenvalue weighted by Gasteiger charge is 2.21. The lowest BCUT2D eigenvalue weighted by atomic mass is 9.96. The zero-order valence-electron chi connectivity index (χ0n) is 9.84. The third kappa shape index (κ3) is 3.45. The van der Waals surface area contributed by atoms with Crippen LogP contribution in [-0.2, 0) is 4.79 Å². The summed E-state index contributed by atoms with van der Waals surface area (Å²) < 4.78 is 0. The first kappa shape index (κ1) is 13.0. The van der Waals surface area contributed by atoms with Gasteiger partial charge in [0.25, 0.3) is 0 Å². The van der Waals surface area contributed by atoms with Gasteiger partial charge in [-0.1, -0.05) is 13.8 Å². The maximum Gasteiger partial charge on any atom is 0.308 e. The number of nitrogens with zero attached hydrogens (tertiary/aromatic N) is 2. The largest absolute Gasteiger partial charge is 0.481 e. The summed E-state index contributed by atoms with van der Waals surface area (Å²) in [6, 6.07) is 3.62. The van der Waals surface area contributed by atoms with Crippen molar-refractivity contribution in [1.29, 1.82) is 5.26 Å². The van der Waals surface area contributed by atoms with Gasteiger partial charge in [-0.2, -0.15) is 5.26 Å². The predicted octanol–water partition coefficient (Wildman–Crippen LogP) is 1.72. The second-order valence-electron chi connectivity index (χ2n) is 4.10. The van der Waals surface area contributed by atoms with Crippen LogP contribution >= 0.6 is 0 Å². The van der Waals surface area contributed by atoms with E-state index in [1.165, 1.54) is 12.4 Å². The number of aliphatic carboxylic acids is 1. The summed E-state index contributed by atoms with van der Waals surface area (Å²) in [4.78, 5) is 14.9. The first-order valence-electron chi connectivity index (χ1n) is 5.37. The molecule has 0 aromatic carbocycles. The molecule has 0 amide bonds. The van der Waals surface area contributed by atoms with Crippen LogP contribution in [0, 0.1) is 23.2 Å². The maximum atomic E-state index is 11.0. The lowest BCUT2D eigenvalue weighted by molar-refractivity contribution is -0.142. The molecule has 0 bridgehead atoms. The fraction of sp³-hybridized carbons (Fsp3) is 0.417. The van der Waals surface area contributed by atoms with Gasteiger partial charge < -0.3 is 10.4 Å². The molecule has 1 aromatic rings. The molecule has 90 valence electrons. The van der Waals surface area contributed by atoms with Gasteiger partial charge in [-0.3, -0.25) is 9.78 Å². The Morgan fingerprint density at radius 2 is 2.35 bits per heavy atom. The average molecular weight is 233 g/mol. The first-order chi connectivity index (χ1) is 8.06. The Morgan fingerprint density at radius 1 is 1.65 bits per heavy atom. The molecule has 17 heavy (non-hydrogen) atoms. The Labute approximate surface area is 100 Å². The van der Waals surface area contributed by atoms with Crippen LogP contribution in [0.15, 0.2) is 18.5 Å². The van der Waals surface area contributed by atoms with E-state index in [9.17, 15) is 4.79 Å². The van der Waals surface area contributed by atoms with Crippen molar-refractivity contribution in [3.63, 3.8) is 0 Å². The third-order valence-electron chi connectivity index (χ3n) is 2.58. The number of carboxylic acids is 1. The molecule has 0 fully saturated rings. The molecule has 0 radical (unpaired) electrons. The molecule has 2 N–H and O–H groups in total. The van der Waals surface area contributed by atoms with Gasteiger partial charge in [-0.25, -0.2) is 0 Å². The van der Waals surface area contributed by atoms with Crippen LogP contribution in [0.3, 0.4) is 0 Å². The molecule has 1 rings (SSSR count). The fourth-order valence-corrected chi connectivity index (χ4v) is 1.46. The standard InChI is InChI=1S/C12H15N3O2/c1-8(2)10(12(16)17)6-15-11-7-14-4-3-9(11)5-13/h3-4,7-8,10,15H,6H2,1-2H3,(H,16,17). The smallest absolute Gasteiger partial charge is 0.308 e. The molecule has 0 spiro atoms.